The fourth-order valence-corrected chi connectivity index (χ4v) is 3.61. The molecule has 1 aliphatic heterocycles. The molecule has 1 aliphatic rings. The first-order valence-electron chi connectivity index (χ1n) is 9.81. The molecule has 1 heterocycles. The summed E-state index contributed by atoms with van der Waals surface area (Å²) in [5, 5.41) is 2.97. The number of amides is 2. The van der Waals surface area contributed by atoms with Crippen molar-refractivity contribution in [2.45, 2.75) is 20.0 Å². The van der Waals surface area contributed by atoms with E-state index in [2.05, 4.69) is 5.32 Å². The first kappa shape index (κ1) is 21.8. The number of nitrogens with zero attached hydrogens (tertiary/aromatic N) is 1. The molecule has 8 heteroatoms. The molecule has 30 heavy (non-hydrogen) atoms. The van der Waals surface area contributed by atoms with Crippen LogP contribution < -0.4 is 10.2 Å². The summed E-state index contributed by atoms with van der Waals surface area (Å²) in [6.45, 7) is 6.30. The highest BCUT2D eigenvalue weighted by molar-refractivity contribution is 5.94. The zero-order valence-electron chi connectivity index (χ0n) is 17.0. The second kappa shape index (κ2) is 8.87. The van der Waals surface area contributed by atoms with Crippen LogP contribution in [0.4, 0.5) is 18.9 Å². The molecule has 160 valence electrons. The normalized spacial score (nSPS) is 15.2. The van der Waals surface area contributed by atoms with Crippen molar-refractivity contribution in [2.75, 3.05) is 38.0 Å². The van der Waals surface area contributed by atoms with Crippen molar-refractivity contribution < 1.29 is 27.7 Å². The van der Waals surface area contributed by atoms with Gasteiger partial charge >= 0.3 is 6.18 Å². The summed E-state index contributed by atoms with van der Waals surface area (Å²) in [5.41, 5.74) is 2.30. The second-order valence-electron chi connectivity index (χ2n) is 7.61. The van der Waals surface area contributed by atoms with Crippen LogP contribution in [0.1, 0.15) is 27.0 Å². The second-order valence-corrected chi connectivity index (χ2v) is 7.61. The Morgan fingerprint density at radius 1 is 1.00 bits per heavy atom. The minimum Gasteiger partial charge on any atom is -0.327 e. The largest absolute Gasteiger partial charge is 0.416 e. The quantitative estimate of drug-likeness (QED) is 0.798. The maximum absolute atomic E-state index is 12.7. The van der Waals surface area contributed by atoms with Crippen LogP contribution in [0.3, 0.4) is 0 Å². The molecule has 2 N–H and O–H groups in total. The molecule has 0 unspecified atom stereocenters. The van der Waals surface area contributed by atoms with Crippen molar-refractivity contribution in [1.29, 1.82) is 0 Å². The van der Waals surface area contributed by atoms with Gasteiger partial charge in [-0.1, -0.05) is 18.2 Å². The molecule has 0 bridgehead atoms. The predicted octanol–water partition coefficient (Wildman–Crippen LogP) is 2.30. The third kappa shape index (κ3) is 5.18. The number of benzene rings is 2. The van der Waals surface area contributed by atoms with Gasteiger partial charge in [-0.05, 0) is 49.2 Å². The number of hydrogen-bond acceptors (Lipinski definition) is 2. The average molecular weight is 420 g/mol. The third-order valence-electron chi connectivity index (χ3n) is 5.37. The standard InChI is InChI=1S/C22H24F3N3O2/c1-15-4-3-5-16(2)20(15)26-19(29)14-27-10-12-28(13-11-27)21(30)17-6-8-18(9-7-17)22(23,24)25/h3-9H,10-14H2,1-2H3,(H,26,29)/p+1. The van der Waals surface area contributed by atoms with Gasteiger partial charge in [-0.25, -0.2) is 0 Å². The van der Waals surface area contributed by atoms with Crippen molar-refractivity contribution in [2.24, 2.45) is 0 Å². The van der Waals surface area contributed by atoms with E-state index in [1.807, 2.05) is 32.0 Å². The van der Waals surface area contributed by atoms with Gasteiger partial charge in [0.15, 0.2) is 6.54 Å². The number of piperazine rings is 1. The maximum atomic E-state index is 12.7. The van der Waals surface area contributed by atoms with Gasteiger partial charge in [-0.2, -0.15) is 13.2 Å². The Bertz CT molecular complexity index is 898. The first-order chi connectivity index (χ1) is 14.1. The Morgan fingerprint density at radius 3 is 2.10 bits per heavy atom. The minimum absolute atomic E-state index is 0.0788. The lowest BCUT2D eigenvalue weighted by molar-refractivity contribution is -0.895. The maximum Gasteiger partial charge on any atom is 0.416 e. The molecule has 2 aromatic carbocycles. The van der Waals surface area contributed by atoms with E-state index < -0.39 is 11.7 Å². The molecule has 0 spiro atoms. The zero-order valence-corrected chi connectivity index (χ0v) is 17.0. The van der Waals surface area contributed by atoms with Crippen LogP contribution in [0.5, 0.6) is 0 Å². The van der Waals surface area contributed by atoms with Crippen LogP contribution in [0, 0.1) is 13.8 Å². The van der Waals surface area contributed by atoms with Crippen molar-refractivity contribution in [1.82, 2.24) is 4.90 Å². The van der Waals surface area contributed by atoms with Crippen LogP contribution >= 0.6 is 0 Å². The number of para-hydroxylation sites is 1. The summed E-state index contributed by atoms with van der Waals surface area (Å²) < 4.78 is 38.0. The number of quaternary nitrogens is 1. The van der Waals surface area contributed by atoms with Crippen molar-refractivity contribution in [3.05, 3.63) is 64.7 Å². The highest BCUT2D eigenvalue weighted by Gasteiger charge is 2.31. The van der Waals surface area contributed by atoms with Gasteiger partial charge in [-0.15, -0.1) is 0 Å². The molecule has 0 aromatic heterocycles. The van der Waals surface area contributed by atoms with Gasteiger partial charge in [0.05, 0.1) is 31.7 Å². The molecule has 0 radical (unpaired) electrons. The van der Waals surface area contributed by atoms with Crippen LogP contribution in [0.15, 0.2) is 42.5 Å². The Morgan fingerprint density at radius 2 is 1.57 bits per heavy atom. The fraction of sp³-hybridized carbons (Fsp3) is 0.364. The average Bonchev–Trinajstić information content (AvgIpc) is 2.70. The van der Waals surface area contributed by atoms with E-state index in [9.17, 15) is 22.8 Å². The van der Waals surface area contributed by atoms with Crippen molar-refractivity contribution in [3.8, 4) is 0 Å². The Kier molecular flexibility index (Phi) is 6.45. The van der Waals surface area contributed by atoms with Gasteiger partial charge in [-0.3, -0.25) is 9.59 Å². The van der Waals surface area contributed by atoms with E-state index in [1.54, 1.807) is 4.90 Å². The molecule has 0 atom stereocenters. The van der Waals surface area contributed by atoms with Crippen molar-refractivity contribution in [3.63, 3.8) is 0 Å². The minimum atomic E-state index is -4.42. The number of halogens is 3. The highest BCUT2D eigenvalue weighted by atomic mass is 19.4. The number of nitrogens with one attached hydrogen (secondary N) is 2. The van der Waals surface area contributed by atoms with E-state index in [4.69, 9.17) is 0 Å². The predicted molar refractivity (Wildman–Crippen MR) is 107 cm³/mol. The van der Waals surface area contributed by atoms with Gasteiger partial charge in [0.25, 0.3) is 11.8 Å². The Labute approximate surface area is 173 Å². The lowest BCUT2D eigenvalue weighted by Crippen LogP contribution is -3.15. The van der Waals surface area contributed by atoms with E-state index in [0.29, 0.717) is 32.7 Å². The summed E-state index contributed by atoms with van der Waals surface area (Å²) in [4.78, 5) is 27.7. The SMILES string of the molecule is Cc1cccc(C)c1NC(=O)C[NH+]1CCN(C(=O)c2ccc(C(F)(F)F)cc2)CC1. The summed E-state index contributed by atoms with van der Waals surface area (Å²) in [7, 11) is 0. The summed E-state index contributed by atoms with van der Waals surface area (Å²) >= 11 is 0. The van der Waals surface area contributed by atoms with E-state index >= 15 is 0 Å². The van der Waals surface area contributed by atoms with Gasteiger partial charge in [0.1, 0.15) is 0 Å². The molecule has 1 saturated heterocycles. The van der Waals surface area contributed by atoms with E-state index in [0.717, 1.165) is 33.8 Å². The third-order valence-corrected chi connectivity index (χ3v) is 5.37. The molecule has 0 aliphatic carbocycles. The van der Waals surface area contributed by atoms with Gasteiger partial charge in [0, 0.05) is 11.3 Å². The summed E-state index contributed by atoms with van der Waals surface area (Å²) in [6, 6.07) is 10.1. The molecule has 5 nitrogen and oxygen atoms in total. The lowest BCUT2D eigenvalue weighted by Gasteiger charge is -2.32. The Hall–Kier alpha value is -2.87. The molecule has 1 fully saturated rings. The highest BCUT2D eigenvalue weighted by Crippen LogP contribution is 2.29. The van der Waals surface area contributed by atoms with E-state index in [-0.39, 0.29) is 17.4 Å². The molecule has 2 aromatic rings. The van der Waals surface area contributed by atoms with E-state index in [1.165, 1.54) is 12.1 Å². The first-order valence-corrected chi connectivity index (χ1v) is 9.81. The number of hydrogen-bond donors (Lipinski definition) is 2. The van der Waals surface area contributed by atoms with Gasteiger partial charge < -0.3 is 15.1 Å². The van der Waals surface area contributed by atoms with Crippen molar-refractivity contribution >= 4 is 17.5 Å². The Balaban J connectivity index is 1.52. The molecule has 0 saturated carbocycles. The molecule has 2 amide bonds. The summed E-state index contributed by atoms with van der Waals surface area (Å²) in [6.07, 6.45) is -4.42. The number of anilines is 1. The number of carbonyl (C=O) groups is 2. The smallest absolute Gasteiger partial charge is 0.327 e. The number of carbonyl (C=O) groups excluding carboxylic acids is 2. The van der Waals surface area contributed by atoms with Crippen LogP contribution in [0.2, 0.25) is 0 Å². The topological polar surface area (TPSA) is 53.9 Å². The molecular formula is C22H25F3N3O2+. The summed E-state index contributed by atoms with van der Waals surface area (Å²) in [5.74, 6) is -0.368. The van der Waals surface area contributed by atoms with Crippen LogP contribution in [-0.4, -0.2) is 49.4 Å². The molecular weight excluding hydrogens is 395 g/mol. The zero-order chi connectivity index (χ0) is 21.9. The lowest BCUT2D eigenvalue weighted by atomic mass is 10.1. The van der Waals surface area contributed by atoms with Gasteiger partial charge in [0.2, 0.25) is 0 Å². The number of alkyl halides is 3. The van der Waals surface area contributed by atoms with Crippen LogP contribution in [0.25, 0.3) is 0 Å². The molecule has 3 rings (SSSR count). The number of aryl methyl sites for hydroxylation is 2. The van der Waals surface area contributed by atoms with Crippen LogP contribution in [-0.2, 0) is 11.0 Å². The fourth-order valence-electron chi connectivity index (χ4n) is 3.61. The number of rotatable bonds is 4. The monoisotopic (exact) mass is 420 g/mol.